The highest BCUT2D eigenvalue weighted by molar-refractivity contribution is 5.86. The van der Waals surface area contributed by atoms with Crippen molar-refractivity contribution in [3.05, 3.63) is 59.7 Å². The van der Waals surface area contributed by atoms with Crippen LogP contribution in [-0.2, 0) is 16.6 Å². The average molecular weight is 402 g/mol. The summed E-state index contributed by atoms with van der Waals surface area (Å²) in [6, 6.07) is 15.9. The molecule has 3 aliphatic carbocycles. The highest BCUT2D eigenvalue weighted by atomic mass is 16.6. The number of nitrogens with zero attached hydrogens (tertiary/aromatic N) is 1. The molecule has 1 aliphatic heterocycles. The predicted molar refractivity (Wildman–Crippen MR) is 114 cm³/mol. The summed E-state index contributed by atoms with van der Waals surface area (Å²) in [5.74, 6) is 1.35. The number of carbonyl (C=O) groups is 2. The monoisotopic (exact) mass is 402 g/mol. The van der Waals surface area contributed by atoms with Crippen LogP contribution in [0.4, 0.5) is 10.5 Å². The number of anilines is 1. The Hall–Kier alpha value is -2.82. The van der Waals surface area contributed by atoms with E-state index in [9.17, 15) is 9.59 Å². The van der Waals surface area contributed by atoms with E-state index < -0.39 is 6.09 Å². The molecule has 0 aromatic heterocycles. The number of likely N-dealkylation sites (tertiary alicyclic amines) is 1. The van der Waals surface area contributed by atoms with Gasteiger partial charge in [0.05, 0.1) is 11.6 Å². The van der Waals surface area contributed by atoms with Crippen LogP contribution in [0.15, 0.2) is 48.5 Å². The van der Waals surface area contributed by atoms with Crippen LogP contribution in [0.25, 0.3) is 0 Å². The molecule has 6 rings (SSSR count). The second-order valence-electron chi connectivity index (χ2n) is 9.50. The molecule has 2 bridgehead atoms. The maximum atomic E-state index is 12.4. The number of carbonyl (C=O) groups excluding carboxylic acids is 2. The van der Waals surface area contributed by atoms with Gasteiger partial charge in [-0.2, -0.15) is 0 Å². The number of rotatable bonds is 2. The van der Waals surface area contributed by atoms with Crippen molar-refractivity contribution in [1.29, 1.82) is 0 Å². The fourth-order valence-electron chi connectivity index (χ4n) is 7.16. The van der Waals surface area contributed by atoms with Crippen LogP contribution in [0.5, 0.6) is 5.75 Å². The number of benzene rings is 2. The molecule has 2 spiro atoms. The van der Waals surface area contributed by atoms with Crippen molar-refractivity contribution in [2.75, 3.05) is 5.32 Å². The Labute approximate surface area is 176 Å². The minimum atomic E-state index is -0.469. The van der Waals surface area contributed by atoms with Crippen molar-refractivity contribution in [2.24, 2.45) is 5.92 Å². The molecular formula is C25H26N2O3. The number of hydrogen-bond acceptors (Lipinski definition) is 3. The molecule has 4 atom stereocenters. The second kappa shape index (κ2) is 6.10. The SMILES string of the molecule is CC(=O)N1C2C3CCCCC34CC21Cc1ccc(OC(=O)Nc2ccccc2)cc14. The number of fused-ring (bicyclic) bond motifs is 2. The highest BCUT2D eigenvalue weighted by Gasteiger charge is 2.78. The molecule has 1 N–H and O–H groups in total. The van der Waals surface area contributed by atoms with E-state index in [-0.39, 0.29) is 16.9 Å². The zero-order valence-corrected chi connectivity index (χ0v) is 17.2. The van der Waals surface area contributed by atoms with Crippen LogP contribution in [0, 0.1) is 5.92 Å². The van der Waals surface area contributed by atoms with Gasteiger partial charge in [-0.25, -0.2) is 4.79 Å². The van der Waals surface area contributed by atoms with Gasteiger partial charge in [0.15, 0.2) is 0 Å². The number of nitrogens with one attached hydrogen (secondary N) is 1. The van der Waals surface area contributed by atoms with E-state index in [0.29, 0.717) is 23.4 Å². The van der Waals surface area contributed by atoms with Crippen LogP contribution >= 0.6 is 0 Å². The van der Waals surface area contributed by atoms with Crippen LogP contribution in [0.2, 0.25) is 0 Å². The Morgan fingerprint density at radius 1 is 1.13 bits per heavy atom. The molecule has 1 heterocycles. The van der Waals surface area contributed by atoms with Crippen molar-refractivity contribution >= 4 is 17.7 Å². The summed E-state index contributed by atoms with van der Waals surface area (Å²) in [5.41, 5.74) is 3.58. The van der Waals surface area contributed by atoms with Crippen molar-refractivity contribution < 1.29 is 14.3 Å². The first kappa shape index (κ1) is 18.0. The standard InChI is InChI=1S/C25H26N2O3/c1-16(28)27-22-20-9-5-6-12-24(20)15-25(22,27)14-17-10-11-19(13-21(17)24)30-23(29)26-18-7-3-2-4-8-18/h2-4,7-8,10-11,13,20,22H,5-6,9,12,14-15H2,1H3,(H,26,29). The van der Waals surface area contributed by atoms with Gasteiger partial charge in [-0.3, -0.25) is 10.1 Å². The van der Waals surface area contributed by atoms with Gasteiger partial charge >= 0.3 is 6.09 Å². The molecule has 3 fully saturated rings. The Morgan fingerprint density at radius 2 is 1.97 bits per heavy atom. The maximum Gasteiger partial charge on any atom is 0.417 e. The van der Waals surface area contributed by atoms with E-state index >= 15 is 0 Å². The van der Waals surface area contributed by atoms with Gasteiger partial charge in [0.25, 0.3) is 0 Å². The van der Waals surface area contributed by atoms with E-state index in [1.165, 1.54) is 36.8 Å². The zero-order chi connectivity index (χ0) is 20.5. The number of amides is 2. The highest BCUT2D eigenvalue weighted by Crippen LogP contribution is 2.72. The lowest BCUT2D eigenvalue weighted by Crippen LogP contribution is -2.45. The molecule has 2 saturated carbocycles. The van der Waals surface area contributed by atoms with E-state index in [1.54, 1.807) is 6.92 Å². The molecule has 1 saturated heterocycles. The van der Waals surface area contributed by atoms with Gasteiger partial charge < -0.3 is 9.64 Å². The first-order valence-corrected chi connectivity index (χ1v) is 11.0. The molecule has 30 heavy (non-hydrogen) atoms. The Balaban J connectivity index is 1.31. The molecule has 4 unspecified atom stereocenters. The molecular weight excluding hydrogens is 376 g/mol. The smallest absolute Gasteiger partial charge is 0.410 e. The van der Waals surface area contributed by atoms with Crippen molar-refractivity contribution in [2.45, 2.75) is 62.4 Å². The number of ether oxygens (including phenoxy) is 1. The average Bonchev–Trinajstić information content (AvgIpc) is 3.28. The van der Waals surface area contributed by atoms with Gasteiger partial charge in [-0.1, -0.05) is 37.1 Å². The Bertz CT molecular complexity index is 1050. The summed E-state index contributed by atoms with van der Waals surface area (Å²) in [5, 5.41) is 2.78. The normalized spacial score (nSPS) is 32.5. The third-order valence-electron chi connectivity index (χ3n) is 8.03. The van der Waals surface area contributed by atoms with Crippen LogP contribution in [0.1, 0.15) is 50.2 Å². The summed E-state index contributed by atoms with van der Waals surface area (Å²) < 4.78 is 5.65. The van der Waals surface area contributed by atoms with Crippen molar-refractivity contribution in [3.63, 3.8) is 0 Å². The first-order chi connectivity index (χ1) is 14.5. The minimum absolute atomic E-state index is 0.0426. The van der Waals surface area contributed by atoms with E-state index in [0.717, 1.165) is 12.8 Å². The fraction of sp³-hybridized carbons (Fsp3) is 0.440. The van der Waals surface area contributed by atoms with Crippen molar-refractivity contribution in [3.8, 4) is 5.75 Å². The first-order valence-electron chi connectivity index (χ1n) is 11.0. The minimum Gasteiger partial charge on any atom is -0.410 e. The lowest BCUT2D eigenvalue weighted by molar-refractivity contribution is -0.126. The summed E-state index contributed by atoms with van der Waals surface area (Å²) in [6.45, 7) is 1.72. The van der Waals surface area contributed by atoms with Gasteiger partial charge in [-0.05, 0) is 67.0 Å². The van der Waals surface area contributed by atoms with Gasteiger partial charge in [0.2, 0.25) is 5.91 Å². The van der Waals surface area contributed by atoms with Gasteiger partial charge in [-0.15, -0.1) is 0 Å². The largest absolute Gasteiger partial charge is 0.417 e. The predicted octanol–water partition coefficient (Wildman–Crippen LogP) is 4.65. The Morgan fingerprint density at radius 3 is 2.77 bits per heavy atom. The summed E-state index contributed by atoms with van der Waals surface area (Å²) in [7, 11) is 0. The third-order valence-corrected chi connectivity index (χ3v) is 8.03. The van der Waals surface area contributed by atoms with Crippen LogP contribution < -0.4 is 10.1 Å². The number of hydrogen-bond donors (Lipinski definition) is 1. The molecule has 5 heteroatoms. The zero-order valence-electron chi connectivity index (χ0n) is 17.2. The van der Waals surface area contributed by atoms with E-state index in [4.69, 9.17) is 4.74 Å². The summed E-state index contributed by atoms with van der Waals surface area (Å²) >= 11 is 0. The van der Waals surface area contributed by atoms with Crippen molar-refractivity contribution in [1.82, 2.24) is 4.90 Å². The number of para-hydroxylation sites is 1. The van der Waals surface area contributed by atoms with Crippen LogP contribution in [-0.4, -0.2) is 28.5 Å². The molecule has 4 aliphatic rings. The maximum absolute atomic E-state index is 12.4. The quantitative estimate of drug-likeness (QED) is 0.744. The molecule has 0 radical (unpaired) electrons. The molecule has 2 aromatic carbocycles. The van der Waals surface area contributed by atoms with Gasteiger partial charge in [0, 0.05) is 18.0 Å². The number of piperidine rings is 1. The summed E-state index contributed by atoms with van der Waals surface area (Å²) in [6.07, 6.45) is 6.38. The lowest BCUT2D eigenvalue weighted by atomic mass is 9.60. The Kier molecular flexibility index (Phi) is 3.66. The second-order valence-corrected chi connectivity index (χ2v) is 9.50. The summed E-state index contributed by atoms with van der Waals surface area (Å²) in [4.78, 5) is 26.8. The van der Waals surface area contributed by atoms with E-state index in [2.05, 4.69) is 22.3 Å². The van der Waals surface area contributed by atoms with Gasteiger partial charge in [0.1, 0.15) is 5.75 Å². The van der Waals surface area contributed by atoms with E-state index in [1.807, 2.05) is 36.4 Å². The topological polar surface area (TPSA) is 58.4 Å². The molecule has 2 aromatic rings. The lowest BCUT2D eigenvalue weighted by Gasteiger charge is -2.47. The third kappa shape index (κ3) is 2.35. The molecule has 154 valence electrons. The molecule has 5 nitrogen and oxygen atoms in total. The molecule has 2 amide bonds. The van der Waals surface area contributed by atoms with Crippen LogP contribution in [0.3, 0.4) is 0 Å². The fourth-order valence-corrected chi connectivity index (χ4v) is 7.16.